The molecule has 3 aromatic carbocycles. The molecule has 0 aliphatic heterocycles. The molecule has 5 nitrogen and oxygen atoms in total. The molecule has 32 heavy (non-hydrogen) atoms. The summed E-state index contributed by atoms with van der Waals surface area (Å²) < 4.78 is 27.2. The zero-order valence-corrected chi connectivity index (χ0v) is 19.6. The highest BCUT2D eigenvalue weighted by Crippen LogP contribution is 2.33. The lowest BCUT2D eigenvalue weighted by molar-refractivity contribution is 0.354. The molecule has 0 spiro atoms. The van der Waals surface area contributed by atoms with Gasteiger partial charge in [0.15, 0.2) is 23.0 Å². The van der Waals surface area contributed by atoms with Crippen molar-refractivity contribution in [1.82, 2.24) is 0 Å². The molecule has 0 radical (unpaired) electrons. The lowest BCUT2D eigenvalue weighted by Crippen LogP contribution is -2.03. The lowest BCUT2D eigenvalue weighted by atomic mass is 9.94. The molecule has 5 heteroatoms. The number of hydrogen-bond acceptors (Lipinski definition) is 5. The lowest BCUT2D eigenvalue weighted by Gasteiger charge is -2.16. The maximum Gasteiger partial charge on any atom is 0.161 e. The Labute approximate surface area is 190 Å². The van der Waals surface area contributed by atoms with Crippen LogP contribution in [-0.2, 0) is 25.7 Å². The predicted octanol–water partition coefficient (Wildman–Crippen LogP) is 5.30. The second-order valence-corrected chi connectivity index (χ2v) is 7.51. The minimum atomic E-state index is 0.738. The third kappa shape index (κ3) is 5.67. The minimum Gasteiger partial charge on any atom is -0.497 e. The fourth-order valence-corrected chi connectivity index (χ4v) is 3.81. The zero-order valence-electron chi connectivity index (χ0n) is 19.6. The summed E-state index contributed by atoms with van der Waals surface area (Å²) in [4.78, 5) is 0. The van der Waals surface area contributed by atoms with Gasteiger partial charge in [-0.15, -0.1) is 0 Å². The van der Waals surface area contributed by atoms with Crippen LogP contribution in [-0.4, -0.2) is 35.5 Å². The second-order valence-electron chi connectivity index (χ2n) is 7.51. The van der Waals surface area contributed by atoms with Crippen molar-refractivity contribution in [3.8, 4) is 28.7 Å². The number of hydrogen-bond donors (Lipinski definition) is 0. The van der Waals surface area contributed by atoms with Crippen molar-refractivity contribution in [3.05, 3.63) is 76.9 Å². The zero-order chi connectivity index (χ0) is 22.9. The number of methoxy groups -OCH3 is 5. The fourth-order valence-electron chi connectivity index (χ4n) is 3.81. The minimum absolute atomic E-state index is 0.738. The van der Waals surface area contributed by atoms with Crippen LogP contribution in [0, 0.1) is 0 Å². The van der Waals surface area contributed by atoms with Crippen LogP contribution in [0.1, 0.15) is 22.3 Å². The van der Waals surface area contributed by atoms with Crippen LogP contribution in [0.2, 0.25) is 0 Å². The highest BCUT2D eigenvalue weighted by molar-refractivity contribution is 5.48. The molecule has 0 unspecified atom stereocenters. The van der Waals surface area contributed by atoms with Crippen molar-refractivity contribution >= 4 is 0 Å². The molecular formula is C27H32O5. The van der Waals surface area contributed by atoms with Crippen molar-refractivity contribution < 1.29 is 23.7 Å². The van der Waals surface area contributed by atoms with Gasteiger partial charge in [-0.2, -0.15) is 0 Å². The van der Waals surface area contributed by atoms with Crippen molar-refractivity contribution in [1.29, 1.82) is 0 Å². The average Bonchev–Trinajstić information content (AvgIpc) is 2.85. The molecule has 0 bridgehead atoms. The van der Waals surface area contributed by atoms with E-state index >= 15 is 0 Å². The first-order valence-electron chi connectivity index (χ1n) is 10.7. The molecule has 170 valence electrons. The topological polar surface area (TPSA) is 46.2 Å². The van der Waals surface area contributed by atoms with Gasteiger partial charge < -0.3 is 23.7 Å². The van der Waals surface area contributed by atoms with E-state index in [0.717, 1.165) is 54.4 Å². The van der Waals surface area contributed by atoms with Crippen molar-refractivity contribution in [2.45, 2.75) is 25.7 Å². The Morgan fingerprint density at radius 2 is 0.906 bits per heavy atom. The summed E-state index contributed by atoms with van der Waals surface area (Å²) in [6.07, 6.45) is 3.61. The molecule has 0 fully saturated rings. The molecular weight excluding hydrogens is 404 g/mol. The standard InChI is InChI=1S/C27H32O5/c1-28-23-13-8-19(9-14-23)6-11-21-17-26(31-4)27(32-5)18-22(21)12-7-20-10-15-24(29-2)25(16-20)30-3/h8-10,13-18H,6-7,11-12H2,1-5H3. The Morgan fingerprint density at radius 3 is 1.41 bits per heavy atom. The normalized spacial score (nSPS) is 10.5. The Hall–Kier alpha value is -3.34. The van der Waals surface area contributed by atoms with Gasteiger partial charge in [0, 0.05) is 0 Å². The first-order chi connectivity index (χ1) is 15.6. The van der Waals surface area contributed by atoms with Gasteiger partial charge in [-0.1, -0.05) is 18.2 Å². The van der Waals surface area contributed by atoms with Crippen LogP contribution in [0.4, 0.5) is 0 Å². The molecule has 0 atom stereocenters. The summed E-state index contributed by atoms with van der Waals surface area (Å²) in [6, 6.07) is 18.5. The summed E-state index contributed by atoms with van der Waals surface area (Å²) >= 11 is 0. The van der Waals surface area contributed by atoms with E-state index in [-0.39, 0.29) is 0 Å². The molecule has 0 saturated heterocycles. The third-order valence-corrected chi connectivity index (χ3v) is 5.68. The molecule has 0 aliphatic rings. The molecule has 3 rings (SSSR count). The molecule has 0 heterocycles. The summed E-state index contributed by atoms with van der Waals surface area (Å²) in [6.45, 7) is 0. The highest BCUT2D eigenvalue weighted by Gasteiger charge is 2.13. The van der Waals surface area contributed by atoms with Gasteiger partial charge in [0.25, 0.3) is 0 Å². The van der Waals surface area contributed by atoms with Gasteiger partial charge in [-0.25, -0.2) is 0 Å². The first-order valence-corrected chi connectivity index (χ1v) is 10.7. The van der Waals surface area contributed by atoms with Crippen LogP contribution in [0.5, 0.6) is 28.7 Å². The highest BCUT2D eigenvalue weighted by atomic mass is 16.5. The van der Waals surface area contributed by atoms with E-state index in [1.165, 1.54) is 22.3 Å². The average molecular weight is 437 g/mol. The van der Waals surface area contributed by atoms with E-state index in [0.29, 0.717) is 0 Å². The van der Waals surface area contributed by atoms with Crippen molar-refractivity contribution in [3.63, 3.8) is 0 Å². The van der Waals surface area contributed by atoms with Gasteiger partial charge in [-0.3, -0.25) is 0 Å². The Bertz CT molecular complexity index is 1010. The molecule has 0 aromatic heterocycles. The van der Waals surface area contributed by atoms with E-state index in [2.05, 4.69) is 30.3 Å². The van der Waals surface area contributed by atoms with Gasteiger partial charge >= 0.3 is 0 Å². The van der Waals surface area contributed by atoms with E-state index in [1.54, 1.807) is 35.5 Å². The summed E-state index contributed by atoms with van der Waals surface area (Å²) in [5.41, 5.74) is 4.98. The molecule has 0 aliphatic carbocycles. The molecule has 0 saturated carbocycles. The van der Waals surface area contributed by atoms with Gasteiger partial charge in [0.2, 0.25) is 0 Å². The predicted molar refractivity (Wildman–Crippen MR) is 127 cm³/mol. The van der Waals surface area contributed by atoms with Gasteiger partial charge in [-0.05, 0) is 84.3 Å². The Balaban J connectivity index is 1.81. The van der Waals surface area contributed by atoms with Gasteiger partial charge in [0.05, 0.1) is 35.5 Å². The number of rotatable bonds is 11. The molecule has 3 aromatic rings. The summed E-state index contributed by atoms with van der Waals surface area (Å²) in [7, 11) is 8.34. The number of aryl methyl sites for hydroxylation is 4. The summed E-state index contributed by atoms with van der Waals surface area (Å²) in [5.74, 6) is 3.87. The Morgan fingerprint density at radius 1 is 0.438 bits per heavy atom. The van der Waals surface area contributed by atoms with E-state index in [1.807, 2.05) is 24.3 Å². The monoisotopic (exact) mass is 436 g/mol. The van der Waals surface area contributed by atoms with Crippen LogP contribution >= 0.6 is 0 Å². The van der Waals surface area contributed by atoms with Crippen molar-refractivity contribution in [2.75, 3.05) is 35.5 Å². The maximum absolute atomic E-state index is 5.56. The van der Waals surface area contributed by atoms with Crippen LogP contribution in [0.25, 0.3) is 0 Å². The maximum atomic E-state index is 5.56. The quantitative estimate of drug-likeness (QED) is 0.408. The first kappa shape index (κ1) is 23.3. The smallest absolute Gasteiger partial charge is 0.161 e. The van der Waals surface area contributed by atoms with Crippen LogP contribution in [0.15, 0.2) is 54.6 Å². The van der Waals surface area contributed by atoms with Crippen molar-refractivity contribution in [2.24, 2.45) is 0 Å². The molecule has 0 N–H and O–H groups in total. The fraction of sp³-hybridized carbons (Fsp3) is 0.333. The van der Waals surface area contributed by atoms with E-state index < -0.39 is 0 Å². The van der Waals surface area contributed by atoms with Gasteiger partial charge in [0.1, 0.15) is 5.75 Å². The number of ether oxygens (including phenoxy) is 5. The Kier molecular flexibility index (Phi) is 8.26. The largest absolute Gasteiger partial charge is 0.497 e. The van der Waals surface area contributed by atoms with Crippen LogP contribution < -0.4 is 23.7 Å². The van der Waals surface area contributed by atoms with E-state index in [9.17, 15) is 0 Å². The molecule has 0 amide bonds. The summed E-state index contributed by atoms with van der Waals surface area (Å²) in [5, 5.41) is 0. The second kappa shape index (κ2) is 11.3. The third-order valence-electron chi connectivity index (χ3n) is 5.68. The SMILES string of the molecule is COc1ccc(CCc2cc(OC)c(OC)cc2CCc2ccc(OC)c(OC)c2)cc1. The van der Waals surface area contributed by atoms with Crippen LogP contribution in [0.3, 0.4) is 0 Å². The van der Waals surface area contributed by atoms with E-state index in [4.69, 9.17) is 23.7 Å². The number of benzene rings is 3.